The molecular weight excluding hydrogens is 382 g/mol. The van der Waals surface area contributed by atoms with Crippen LogP contribution in [0.15, 0.2) is 48.5 Å². The lowest BCUT2D eigenvalue weighted by atomic mass is 10.1. The molecule has 2 aromatic carbocycles. The average molecular weight is 407 g/mol. The normalized spacial score (nSPS) is 18.8. The lowest BCUT2D eigenvalue weighted by Crippen LogP contribution is -2.28. The highest BCUT2D eigenvalue weighted by atomic mass is 16.5. The van der Waals surface area contributed by atoms with Gasteiger partial charge < -0.3 is 19.9 Å². The van der Waals surface area contributed by atoms with Crippen LogP contribution in [0.5, 0.6) is 5.75 Å². The summed E-state index contributed by atoms with van der Waals surface area (Å²) in [4.78, 5) is 40.5. The second-order valence-electron chi connectivity index (χ2n) is 7.71. The Morgan fingerprint density at radius 2 is 1.93 bits per heavy atom. The molecule has 2 saturated heterocycles. The molecule has 156 valence electrons. The standard InChI is InChI=1S/C23H25N3O4/c1-30-20-9-7-19(8-10-20)26-15-17(13-22(26)28)23(29)24-18-5-2-4-16(12-18)14-25-11-3-6-21(25)27/h2,4-5,7-10,12,17H,3,6,11,13-15H2,1H3,(H,24,29). The summed E-state index contributed by atoms with van der Waals surface area (Å²) in [5, 5.41) is 2.93. The topological polar surface area (TPSA) is 79.0 Å². The first-order chi connectivity index (χ1) is 14.5. The lowest BCUT2D eigenvalue weighted by molar-refractivity contribution is -0.128. The molecule has 0 aromatic heterocycles. The molecule has 0 bridgehead atoms. The second-order valence-corrected chi connectivity index (χ2v) is 7.71. The largest absolute Gasteiger partial charge is 0.497 e. The number of carbonyl (C=O) groups is 3. The highest BCUT2D eigenvalue weighted by molar-refractivity contribution is 6.03. The number of anilines is 2. The Hall–Kier alpha value is -3.35. The maximum atomic E-state index is 12.8. The Balaban J connectivity index is 1.38. The van der Waals surface area contributed by atoms with Gasteiger partial charge in [-0.1, -0.05) is 12.1 Å². The van der Waals surface area contributed by atoms with Crippen LogP contribution in [0.1, 0.15) is 24.8 Å². The Bertz CT molecular complexity index is 957. The van der Waals surface area contributed by atoms with Gasteiger partial charge in [-0.25, -0.2) is 0 Å². The minimum absolute atomic E-state index is 0.0680. The van der Waals surface area contributed by atoms with E-state index in [1.165, 1.54) is 0 Å². The van der Waals surface area contributed by atoms with E-state index in [1.807, 2.05) is 41.3 Å². The summed E-state index contributed by atoms with van der Waals surface area (Å²) in [5.74, 6) is 0.238. The van der Waals surface area contributed by atoms with Crippen molar-refractivity contribution in [1.29, 1.82) is 0 Å². The number of hydrogen-bond acceptors (Lipinski definition) is 4. The summed E-state index contributed by atoms with van der Waals surface area (Å²) in [6.45, 7) is 1.68. The van der Waals surface area contributed by atoms with Crippen LogP contribution in [0.2, 0.25) is 0 Å². The quantitative estimate of drug-likeness (QED) is 0.799. The number of methoxy groups -OCH3 is 1. The molecule has 0 radical (unpaired) electrons. The van der Waals surface area contributed by atoms with Crippen LogP contribution in [0.4, 0.5) is 11.4 Å². The molecule has 1 atom stereocenters. The highest BCUT2D eigenvalue weighted by Gasteiger charge is 2.35. The zero-order valence-electron chi connectivity index (χ0n) is 17.0. The Morgan fingerprint density at radius 1 is 1.13 bits per heavy atom. The smallest absolute Gasteiger partial charge is 0.229 e. The third-order valence-corrected chi connectivity index (χ3v) is 5.62. The monoisotopic (exact) mass is 407 g/mol. The molecule has 2 aliphatic heterocycles. The summed E-state index contributed by atoms with van der Waals surface area (Å²) in [6.07, 6.45) is 1.69. The number of amides is 3. The van der Waals surface area contributed by atoms with Crippen molar-refractivity contribution in [3.05, 3.63) is 54.1 Å². The van der Waals surface area contributed by atoms with Gasteiger partial charge in [0, 0.05) is 43.9 Å². The van der Waals surface area contributed by atoms with Crippen molar-refractivity contribution in [3.63, 3.8) is 0 Å². The molecule has 1 unspecified atom stereocenters. The van der Waals surface area contributed by atoms with Gasteiger partial charge in [0.05, 0.1) is 13.0 Å². The van der Waals surface area contributed by atoms with E-state index >= 15 is 0 Å². The van der Waals surface area contributed by atoms with Crippen molar-refractivity contribution < 1.29 is 19.1 Å². The molecule has 0 aliphatic carbocycles. The van der Waals surface area contributed by atoms with E-state index in [1.54, 1.807) is 24.1 Å². The predicted octanol–water partition coefficient (Wildman–Crippen LogP) is 2.81. The molecule has 2 aromatic rings. The summed E-state index contributed by atoms with van der Waals surface area (Å²) in [6, 6.07) is 14.8. The van der Waals surface area contributed by atoms with Crippen molar-refractivity contribution in [2.45, 2.75) is 25.8 Å². The number of benzene rings is 2. The van der Waals surface area contributed by atoms with E-state index < -0.39 is 5.92 Å². The van der Waals surface area contributed by atoms with Crippen LogP contribution in [-0.4, -0.2) is 42.8 Å². The molecule has 7 nitrogen and oxygen atoms in total. The van der Waals surface area contributed by atoms with Crippen LogP contribution in [0.3, 0.4) is 0 Å². The summed E-state index contributed by atoms with van der Waals surface area (Å²) < 4.78 is 5.15. The third kappa shape index (κ3) is 4.30. The van der Waals surface area contributed by atoms with E-state index in [0.29, 0.717) is 25.2 Å². The zero-order chi connectivity index (χ0) is 21.1. The highest BCUT2D eigenvalue weighted by Crippen LogP contribution is 2.28. The van der Waals surface area contributed by atoms with Crippen LogP contribution in [0.25, 0.3) is 0 Å². The SMILES string of the molecule is COc1ccc(N2CC(C(=O)Nc3cccc(CN4CCCC4=O)c3)CC2=O)cc1. The van der Waals surface area contributed by atoms with E-state index in [-0.39, 0.29) is 24.1 Å². The molecule has 30 heavy (non-hydrogen) atoms. The van der Waals surface area contributed by atoms with Crippen molar-refractivity contribution >= 4 is 29.1 Å². The Morgan fingerprint density at radius 3 is 2.63 bits per heavy atom. The van der Waals surface area contributed by atoms with Crippen LogP contribution in [0, 0.1) is 5.92 Å². The minimum Gasteiger partial charge on any atom is -0.497 e. The Labute approximate surface area is 175 Å². The fraction of sp³-hybridized carbons (Fsp3) is 0.348. The number of rotatable bonds is 6. The van der Waals surface area contributed by atoms with Gasteiger partial charge in [0.1, 0.15) is 5.75 Å². The Kier molecular flexibility index (Phi) is 5.70. The molecule has 2 aliphatic rings. The van der Waals surface area contributed by atoms with Gasteiger partial charge in [-0.15, -0.1) is 0 Å². The van der Waals surface area contributed by atoms with Crippen LogP contribution in [-0.2, 0) is 20.9 Å². The van der Waals surface area contributed by atoms with Crippen molar-refractivity contribution in [2.24, 2.45) is 5.92 Å². The fourth-order valence-corrected chi connectivity index (χ4v) is 3.98. The lowest BCUT2D eigenvalue weighted by Gasteiger charge is -2.18. The van der Waals surface area contributed by atoms with Gasteiger partial charge in [0.2, 0.25) is 17.7 Å². The number of likely N-dealkylation sites (tertiary alicyclic amines) is 1. The molecule has 1 N–H and O–H groups in total. The molecule has 4 rings (SSSR count). The first-order valence-corrected chi connectivity index (χ1v) is 10.2. The number of ether oxygens (including phenoxy) is 1. The first kappa shape index (κ1) is 19.9. The van der Waals surface area contributed by atoms with Gasteiger partial charge in [0.15, 0.2) is 0 Å². The molecule has 2 heterocycles. The molecular formula is C23H25N3O4. The maximum absolute atomic E-state index is 12.8. The molecule has 2 fully saturated rings. The summed E-state index contributed by atoms with van der Waals surface area (Å²) in [7, 11) is 1.59. The average Bonchev–Trinajstić information content (AvgIpc) is 3.34. The fourth-order valence-electron chi connectivity index (χ4n) is 3.98. The molecule has 0 saturated carbocycles. The van der Waals surface area contributed by atoms with E-state index in [4.69, 9.17) is 4.74 Å². The molecule has 0 spiro atoms. The summed E-state index contributed by atoms with van der Waals surface area (Å²) >= 11 is 0. The van der Waals surface area contributed by atoms with Crippen LogP contribution >= 0.6 is 0 Å². The summed E-state index contributed by atoms with van der Waals surface area (Å²) in [5.41, 5.74) is 2.42. The number of nitrogens with zero attached hydrogens (tertiary/aromatic N) is 2. The van der Waals surface area contributed by atoms with E-state index in [2.05, 4.69) is 5.32 Å². The van der Waals surface area contributed by atoms with Gasteiger partial charge in [-0.3, -0.25) is 14.4 Å². The number of hydrogen-bond donors (Lipinski definition) is 1. The predicted molar refractivity (Wildman–Crippen MR) is 113 cm³/mol. The zero-order valence-corrected chi connectivity index (χ0v) is 17.0. The van der Waals surface area contributed by atoms with Crippen LogP contribution < -0.4 is 15.0 Å². The van der Waals surface area contributed by atoms with Gasteiger partial charge >= 0.3 is 0 Å². The van der Waals surface area contributed by atoms with E-state index in [9.17, 15) is 14.4 Å². The minimum atomic E-state index is -0.414. The third-order valence-electron chi connectivity index (χ3n) is 5.62. The van der Waals surface area contributed by atoms with Gasteiger partial charge in [-0.05, 0) is 48.4 Å². The second kappa shape index (κ2) is 8.57. The van der Waals surface area contributed by atoms with Crippen molar-refractivity contribution in [3.8, 4) is 5.75 Å². The van der Waals surface area contributed by atoms with Gasteiger partial charge in [-0.2, -0.15) is 0 Å². The van der Waals surface area contributed by atoms with Crippen molar-refractivity contribution in [1.82, 2.24) is 4.90 Å². The molecule has 7 heteroatoms. The number of carbonyl (C=O) groups excluding carboxylic acids is 3. The van der Waals surface area contributed by atoms with Crippen molar-refractivity contribution in [2.75, 3.05) is 30.4 Å². The first-order valence-electron chi connectivity index (χ1n) is 10.2. The van der Waals surface area contributed by atoms with E-state index in [0.717, 1.165) is 30.0 Å². The molecule has 3 amide bonds. The maximum Gasteiger partial charge on any atom is 0.229 e. The number of nitrogens with one attached hydrogen (secondary N) is 1. The van der Waals surface area contributed by atoms with Gasteiger partial charge in [0.25, 0.3) is 0 Å².